The van der Waals surface area contributed by atoms with Crippen LogP contribution in [-0.4, -0.2) is 10.1 Å². The van der Waals surface area contributed by atoms with Crippen molar-refractivity contribution in [3.8, 4) is 11.5 Å². The van der Waals surface area contributed by atoms with Gasteiger partial charge in [0.1, 0.15) is 0 Å². The van der Waals surface area contributed by atoms with Crippen LogP contribution in [0.3, 0.4) is 0 Å². The smallest absolute Gasteiger partial charge is 0.399 e. The first-order chi connectivity index (χ1) is 8.40. The molecule has 0 fully saturated rings. The van der Waals surface area contributed by atoms with Crippen molar-refractivity contribution in [1.82, 2.24) is 10.1 Å². The molecule has 0 saturated heterocycles. The van der Waals surface area contributed by atoms with Crippen LogP contribution in [0.4, 0.5) is 18.9 Å². The molecular formula is C11H10F3N3O. The van der Waals surface area contributed by atoms with E-state index < -0.39 is 11.7 Å². The van der Waals surface area contributed by atoms with Gasteiger partial charge in [-0.05, 0) is 18.2 Å². The Bertz CT molecular complexity index is 563. The van der Waals surface area contributed by atoms with E-state index >= 15 is 0 Å². The minimum atomic E-state index is -4.46. The number of nitrogens with zero attached hydrogens (tertiary/aromatic N) is 2. The molecule has 0 radical (unpaired) electrons. The van der Waals surface area contributed by atoms with Gasteiger partial charge in [-0.15, -0.1) is 0 Å². The maximum Gasteiger partial charge on any atom is 0.416 e. The molecular weight excluding hydrogens is 247 g/mol. The van der Waals surface area contributed by atoms with Crippen LogP contribution in [0.15, 0.2) is 22.7 Å². The van der Waals surface area contributed by atoms with Crippen molar-refractivity contribution in [3.05, 3.63) is 29.6 Å². The van der Waals surface area contributed by atoms with Crippen molar-refractivity contribution in [2.24, 2.45) is 0 Å². The summed E-state index contributed by atoms with van der Waals surface area (Å²) in [5, 5.41) is 3.62. The van der Waals surface area contributed by atoms with Crippen molar-refractivity contribution < 1.29 is 17.7 Å². The standard InChI is InChI=1S/C11H10F3N3O/c1-2-9-16-10(18-17-9)6-3-7(11(12,13)14)5-8(15)4-6/h3-5H,2,15H2,1H3. The summed E-state index contributed by atoms with van der Waals surface area (Å²) < 4.78 is 42.7. The lowest BCUT2D eigenvalue weighted by Crippen LogP contribution is -2.06. The maximum atomic E-state index is 12.6. The molecule has 0 aliphatic heterocycles. The number of hydrogen-bond donors (Lipinski definition) is 1. The summed E-state index contributed by atoms with van der Waals surface area (Å²) in [6.07, 6.45) is -3.92. The van der Waals surface area contributed by atoms with Crippen molar-refractivity contribution in [3.63, 3.8) is 0 Å². The number of halogens is 3. The minimum Gasteiger partial charge on any atom is -0.399 e. The Labute approximate surface area is 101 Å². The number of benzene rings is 1. The van der Waals surface area contributed by atoms with Crippen LogP contribution in [0.25, 0.3) is 11.5 Å². The van der Waals surface area contributed by atoms with E-state index in [0.29, 0.717) is 12.2 Å². The van der Waals surface area contributed by atoms with E-state index in [2.05, 4.69) is 10.1 Å². The third kappa shape index (κ3) is 2.44. The topological polar surface area (TPSA) is 64.9 Å². The van der Waals surface area contributed by atoms with Gasteiger partial charge >= 0.3 is 6.18 Å². The number of anilines is 1. The van der Waals surface area contributed by atoms with Gasteiger partial charge in [0.25, 0.3) is 5.89 Å². The first-order valence-corrected chi connectivity index (χ1v) is 5.21. The van der Waals surface area contributed by atoms with Crippen LogP contribution in [0.5, 0.6) is 0 Å². The van der Waals surface area contributed by atoms with Gasteiger partial charge in [-0.25, -0.2) is 0 Å². The van der Waals surface area contributed by atoms with Gasteiger partial charge in [0.15, 0.2) is 5.82 Å². The third-order valence-electron chi connectivity index (χ3n) is 2.31. The van der Waals surface area contributed by atoms with E-state index in [-0.39, 0.29) is 17.1 Å². The lowest BCUT2D eigenvalue weighted by molar-refractivity contribution is -0.137. The highest BCUT2D eigenvalue weighted by Crippen LogP contribution is 2.33. The molecule has 18 heavy (non-hydrogen) atoms. The molecule has 0 spiro atoms. The van der Waals surface area contributed by atoms with Crippen LogP contribution >= 0.6 is 0 Å². The normalized spacial score (nSPS) is 11.8. The molecule has 1 aromatic heterocycles. The Morgan fingerprint density at radius 3 is 2.56 bits per heavy atom. The highest BCUT2D eigenvalue weighted by molar-refractivity contribution is 5.62. The zero-order valence-corrected chi connectivity index (χ0v) is 9.45. The molecule has 1 heterocycles. The van der Waals surface area contributed by atoms with Gasteiger partial charge in [0.05, 0.1) is 5.56 Å². The second-order valence-corrected chi connectivity index (χ2v) is 3.71. The molecule has 0 amide bonds. The van der Waals surface area contributed by atoms with Crippen molar-refractivity contribution in [1.29, 1.82) is 0 Å². The fourth-order valence-corrected chi connectivity index (χ4v) is 1.45. The van der Waals surface area contributed by atoms with E-state index in [1.54, 1.807) is 0 Å². The number of nitrogens with two attached hydrogens (primary N) is 1. The van der Waals surface area contributed by atoms with E-state index in [1.807, 2.05) is 6.92 Å². The summed E-state index contributed by atoms with van der Waals surface area (Å²) in [5.41, 5.74) is 4.76. The Hall–Kier alpha value is -2.05. The number of alkyl halides is 3. The molecule has 0 bridgehead atoms. The average molecular weight is 257 g/mol. The maximum absolute atomic E-state index is 12.6. The van der Waals surface area contributed by atoms with E-state index in [9.17, 15) is 13.2 Å². The summed E-state index contributed by atoms with van der Waals surface area (Å²) >= 11 is 0. The quantitative estimate of drug-likeness (QED) is 0.840. The van der Waals surface area contributed by atoms with Crippen LogP contribution in [0.2, 0.25) is 0 Å². The summed E-state index contributed by atoms with van der Waals surface area (Å²) in [6.45, 7) is 1.81. The molecule has 96 valence electrons. The largest absolute Gasteiger partial charge is 0.416 e. The lowest BCUT2D eigenvalue weighted by atomic mass is 10.1. The molecule has 0 aliphatic carbocycles. The summed E-state index contributed by atoms with van der Waals surface area (Å²) in [6, 6.07) is 3.16. The van der Waals surface area contributed by atoms with Gasteiger partial charge in [-0.1, -0.05) is 12.1 Å². The number of aryl methyl sites for hydroxylation is 1. The van der Waals surface area contributed by atoms with Crippen LogP contribution in [0.1, 0.15) is 18.3 Å². The first-order valence-electron chi connectivity index (χ1n) is 5.21. The molecule has 0 aliphatic rings. The molecule has 4 nitrogen and oxygen atoms in total. The Balaban J connectivity index is 2.48. The SMILES string of the molecule is CCc1noc(-c2cc(N)cc(C(F)(F)F)c2)n1. The number of hydrogen-bond acceptors (Lipinski definition) is 4. The molecule has 2 aromatic rings. The number of nitrogen functional groups attached to an aromatic ring is 1. The molecule has 0 saturated carbocycles. The van der Waals surface area contributed by atoms with Crippen LogP contribution in [0, 0.1) is 0 Å². The van der Waals surface area contributed by atoms with E-state index in [0.717, 1.165) is 12.1 Å². The van der Waals surface area contributed by atoms with Gasteiger partial charge < -0.3 is 10.3 Å². The van der Waals surface area contributed by atoms with Gasteiger partial charge in [0.2, 0.25) is 0 Å². The van der Waals surface area contributed by atoms with Gasteiger partial charge in [-0.2, -0.15) is 18.2 Å². The molecule has 0 unspecified atom stereocenters. The highest BCUT2D eigenvalue weighted by atomic mass is 19.4. The lowest BCUT2D eigenvalue weighted by Gasteiger charge is -2.08. The Morgan fingerprint density at radius 1 is 1.28 bits per heavy atom. The summed E-state index contributed by atoms with van der Waals surface area (Å²) in [5.74, 6) is 0.464. The van der Waals surface area contributed by atoms with E-state index in [4.69, 9.17) is 10.3 Å². The van der Waals surface area contributed by atoms with Crippen molar-refractivity contribution in [2.75, 3.05) is 5.73 Å². The molecule has 7 heteroatoms. The second kappa shape index (κ2) is 4.32. The molecule has 1 aromatic carbocycles. The first kappa shape index (κ1) is 12.4. The minimum absolute atomic E-state index is 0.00364. The summed E-state index contributed by atoms with van der Waals surface area (Å²) in [7, 11) is 0. The number of aromatic nitrogens is 2. The highest BCUT2D eigenvalue weighted by Gasteiger charge is 2.31. The summed E-state index contributed by atoms with van der Waals surface area (Å²) in [4.78, 5) is 3.96. The van der Waals surface area contributed by atoms with E-state index in [1.165, 1.54) is 6.07 Å². The third-order valence-corrected chi connectivity index (χ3v) is 2.31. The molecule has 2 rings (SSSR count). The van der Waals surface area contributed by atoms with Gasteiger partial charge in [0, 0.05) is 17.7 Å². The number of rotatable bonds is 2. The predicted octanol–water partition coefficient (Wildman–Crippen LogP) is 2.90. The monoisotopic (exact) mass is 257 g/mol. The average Bonchev–Trinajstić information content (AvgIpc) is 2.75. The second-order valence-electron chi connectivity index (χ2n) is 3.71. The van der Waals surface area contributed by atoms with Crippen molar-refractivity contribution in [2.45, 2.75) is 19.5 Å². The van der Waals surface area contributed by atoms with Crippen molar-refractivity contribution >= 4 is 5.69 Å². The molecule has 2 N–H and O–H groups in total. The van der Waals surface area contributed by atoms with Crippen LogP contribution < -0.4 is 5.73 Å². The zero-order chi connectivity index (χ0) is 13.3. The zero-order valence-electron chi connectivity index (χ0n) is 9.45. The fourth-order valence-electron chi connectivity index (χ4n) is 1.45. The Kier molecular flexibility index (Phi) is 2.98. The van der Waals surface area contributed by atoms with Crippen LogP contribution in [-0.2, 0) is 12.6 Å². The molecule has 0 atom stereocenters. The van der Waals surface area contributed by atoms with Gasteiger partial charge in [-0.3, -0.25) is 0 Å². The fraction of sp³-hybridized carbons (Fsp3) is 0.273. The Morgan fingerprint density at radius 2 is 2.00 bits per heavy atom. The predicted molar refractivity (Wildman–Crippen MR) is 58.5 cm³/mol.